The van der Waals surface area contributed by atoms with Gasteiger partial charge in [0.15, 0.2) is 0 Å². The van der Waals surface area contributed by atoms with Gasteiger partial charge >= 0.3 is 0 Å². The second-order valence-electron chi connectivity index (χ2n) is 7.89. The van der Waals surface area contributed by atoms with E-state index in [-0.39, 0.29) is 11.8 Å². The summed E-state index contributed by atoms with van der Waals surface area (Å²) in [5, 5.41) is 4.24. The van der Waals surface area contributed by atoms with Gasteiger partial charge in [0.05, 0.1) is 6.54 Å². The third kappa shape index (κ3) is 3.32. The highest BCUT2D eigenvalue weighted by atomic mass is 16.2. The van der Waals surface area contributed by atoms with Crippen molar-refractivity contribution in [3.8, 4) is 0 Å². The Morgan fingerprint density at radius 3 is 2.75 bits per heavy atom. The molecule has 2 aliphatic heterocycles. The maximum absolute atomic E-state index is 13.4. The lowest BCUT2D eigenvalue weighted by molar-refractivity contribution is -0.145. The van der Waals surface area contributed by atoms with Crippen LogP contribution in [0.1, 0.15) is 54.9 Å². The van der Waals surface area contributed by atoms with Crippen LogP contribution in [0, 0.1) is 0 Å². The minimum atomic E-state index is -0.636. The van der Waals surface area contributed by atoms with Gasteiger partial charge in [-0.3, -0.25) is 14.3 Å². The van der Waals surface area contributed by atoms with Gasteiger partial charge in [0, 0.05) is 37.6 Å². The normalized spacial score (nSPS) is 22.2. The Bertz CT molecular complexity index is 846. The van der Waals surface area contributed by atoms with Gasteiger partial charge in [0.2, 0.25) is 5.91 Å². The number of amides is 2. The van der Waals surface area contributed by atoms with E-state index in [1.807, 2.05) is 51.0 Å². The van der Waals surface area contributed by atoms with Crippen molar-refractivity contribution in [2.75, 3.05) is 19.6 Å². The number of benzene rings is 1. The molecule has 148 valence electrons. The van der Waals surface area contributed by atoms with Crippen LogP contribution in [0.3, 0.4) is 0 Å². The number of hydrogen-bond acceptors (Lipinski definition) is 3. The fraction of sp³-hybridized carbons (Fsp3) is 0.500. The van der Waals surface area contributed by atoms with Crippen LogP contribution in [-0.2, 0) is 11.3 Å². The molecule has 6 nitrogen and oxygen atoms in total. The van der Waals surface area contributed by atoms with E-state index in [1.54, 1.807) is 6.20 Å². The summed E-state index contributed by atoms with van der Waals surface area (Å²) in [6, 6.07) is 9.61. The van der Waals surface area contributed by atoms with Crippen molar-refractivity contribution >= 4 is 11.8 Å². The molecule has 3 heterocycles. The molecule has 2 amide bonds. The molecule has 4 rings (SSSR count). The Balaban J connectivity index is 1.58. The van der Waals surface area contributed by atoms with Gasteiger partial charge in [-0.1, -0.05) is 19.1 Å². The Hall–Kier alpha value is -2.63. The molecule has 2 aliphatic rings. The van der Waals surface area contributed by atoms with E-state index in [2.05, 4.69) is 12.0 Å². The molecular formula is C22H28N4O2. The van der Waals surface area contributed by atoms with Crippen molar-refractivity contribution in [1.29, 1.82) is 0 Å². The minimum Gasteiger partial charge on any atom is -0.341 e. The largest absolute Gasteiger partial charge is 0.341 e. The quantitative estimate of drug-likeness (QED) is 0.801. The van der Waals surface area contributed by atoms with Crippen LogP contribution in [0.5, 0.6) is 0 Å². The van der Waals surface area contributed by atoms with Crippen LogP contribution in [0.4, 0.5) is 0 Å². The van der Waals surface area contributed by atoms with Crippen LogP contribution in [0.2, 0.25) is 0 Å². The zero-order valence-electron chi connectivity index (χ0n) is 16.5. The highest BCUT2D eigenvalue weighted by molar-refractivity contribution is 6.00. The lowest BCUT2D eigenvalue weighted by atomic mass is 9.85. The van der Waals surface area contributed by atoms with E-state index >= 15 is 0 Å². The Kier molecular flexibility index (Phi) is 5.20. The molecule has 0 aliphatic carbocycles. The van der Waals surface area contributed by atoms with Gasteiger partial charge in [-0.15, -0.1) is 0 Å². The fourth-order valence-electron chi connectivity index (χ4n) is 4.74. The van der Waals surface area contributed by atoms with E-state index < -0.39 is 5.54 Å². The van der Waals surface area contributed by atoms with E-state index in [1.165, 1.54) is 0 Å². The van der Waals surface area contributed by atoms with Crippen molar-refractivity contribution < 1.29 is 9.59 Å². The summed E-state index contributed by atoms with van der Waals surface area (Å²) in [5.74, 6) is 0.130. The second kappa shape index (κ2) is 7.78. The Morgan fingerprint density at radius 1 is 1.18 bits per heavy atom. The van der Waals surface area contributed by atoms with Crippen molar-refractivity contribution in [2.45, 2.75) is 51.1 Å². The van der Waals surface area contributed by atoms with E-state index in [0.29, 0.717) is 18.7 Å². The van der Waals surface area contributed by atoms with Crippen LogP contribution in [-0.4, -0.2) is 56.6 Å². The second-order valence-corrected chi connectivity index (χ2v) is 7.89. The molecule has 1 unspecified atom stereocenters. The predicted molar refractivity (Wildman–Crippen MR) is 107 cm³/mol. The molecule has 0 radical (unpaired) electrons. The number of carbonyl (C=O) groups excluding carboxylic acids is 2. The molecule has 0 saturated carbocycles. The first-order valence-corrected chi connectivity index (χ1v) is 10.3. The topological polar surface area (TPSA) is 58.4 Å². The summed E-state index contributed by atoms with van der Waals surface area (Å²) >= 11 is 0. The predicted octanol–water partition coefficient (Wildman–Crippen LogP) is 2.94. The average molecular weight is 380 g/mol. The number of piperidine rings is 1. The number of carbonyl (C=O) groups is 2. The SMILES string of the molecule is CCCN1CCCC2(CCCN2C(=O)c2cccc(Cn3cccn3)c2)C1=O. The molecule has 2 fully saturated rings. The molecule has 1 spiro atoms. The maximum Gasteiger partial charge on any atom is 0.254 e. The van der Waals surface area contributed by atoms with Gasteiger partial charge in [0.1, 0.15) is 5.54 Å². The van der Waals surface area contributed by atoms with Crippen molar-refractivity contribution in [2.24, 2.45) is 0 Å². The minimum absolute atomic E-state index is 0.0217. The van der Waals surface area contributed by atoms with E-state index in [4.69, 9.17) is 0 Å². The van der Waals surface area contributed by atoms with Gasteiger partial charge in [-0.05, 0) is 55.9 Å². The van der Waals surface area contributed by atoms with Crippen molar-refractivity contribution in [1.82, 2.24) is 19.6 Å². The summed E-state index contributed by atoms with van der Waals surface area (Å²) in [6.07, 6.45) is 8.03. The lowest BCUT2D eigenvalue weighted by Gasteiger charge is -2.44. The first-order valence-electron chi connectivity index (χ1n) is 10.3. The molecule has 2 saturated heterocycles. The molecule has 1 aromatic heterocycles. The maximum atomic E-state index is 13.4. The highest BCUT2D eigenvalue weighted by Crippen LogP contribution is 2.39. The molecule has 0 N–H and O–H groups in total. The molecule has 6 heteroatoms. The van der Waals surface area contributed by atoms with Gasteiger partial charge in [0.25, 0.3) is 5.91 Å². The molecule has 28 heavy (non-hydrogen) atoms. The summed E-state index contributed by atoms with van der Waals surface area (Å²) in [7, 11) is 0. The van der Waals surface area contributed by atoms with Crippen LogP contribution < -0.4 is 0 Å². The van der Waals surface area contributed by atoms with Crippen molar-refractivity contribution in [3.05, 3.63) is 53.9 Å². The third-order valence-electron chi connectivity index (χ3n) is 6.01. The van der Waals surface area contributed by atoms with Gasteiger partial charge in [-0.2, -0.15) is 5.10 Å². The average Bonchev–Trinajstić information content (AvgIpc) is 3.36. The first-order chi connectivity index (χ1) is 13.6. The number of hydrogen-bond donors (Lipinski definition) is 0. The zero-order valence-corrected chi connectivity index (χ0v) is 16.5. The summed E-state index contributed by atoms with van der Waals surface area (Å²) < 4.78 is 1.84. The fourth-order valence-corrected chi connectivity index (χ4v) is 4.74. The van der Waals surface area contributed by atoms with Gasteiger partial charge in [-0.25, -0.2) is 0 Å². The molecule has 0 bridgehead atoms. The highest BCUT2D eigenvalue weighted by Gasteiger charge is 2.52. The zero-order chi connectivity index (χ0) is 19.6. The number of likely N-dealkylation sites (tertiary alicyclic amines) is 2. The summed E-state index contributed by atoms with van der Waals surface area (Å²) in [6.45, 7) is 4.98. The molecular weight excluding hydrogens is 352 g/mol. The van der Waals surface area contributed by atoms with Crippen LogP contribution in [0.15, 0.2) is 42.7 Å². The van der Waals surface area contributed by atoms with E-state index in [9.17, 15) is 9.59 Å². The first kappa shape index (κ1) is 18.7. The Labute approximate surface area is 166 Å². The van der Waals surface area contributed by atoms with E-state index in [0.717, 1.165) is 50.8 Å². The molecule has 2 aromatic rings. The lowest BCUT2D eigenvalue weighted by Crippen LogP contribution is -2.61. The summed E-state index contributed by atoms with van der Waals surface area (Å²) in [5.41, 5.74) is 1.05. The monoisotopic (exact) mass is 380 g/mol. The number of rotatable bonds is 5. The van der Waals surface area contributed by atoms with Gasteiger partial charge < -0.3 is 9.80 Å². The smallest absolute Gasteiger partial charge is 0.254 e. The molecule has 1 atom stereocenters. The standard InChI is InChI=1S/C22H28N4O2/c1-2-12-24-13-4-9-22(21(24)28)10-5-15-26(22)20(27)19-8-3-7-18(16-19)17-25-14-6-11-23-25/h3,6-8,11,14,16H,2,4-5,9-10,12-13,15,17H2,1H3. The van der Waals surface area contributed by atoms with Crippen molar-refractivity contribution in [3.63, 3.8) is 0 Å². The number of aromatic nitrogens is 2. The number of nitrogens with zero attached hydrogens (tertiary/aromatic N) is 4. The third-order valence-corrected chi connectivity index (χ3v) is 6.01. The Morgan fingerprint density at radius 2 is 2.00 bits per heavy atom. The van der Waals surface area contributed by atoms with Crippen LogP contribution >= 0.6 is 0 Å². The molecule has 1 aromatic carbocycles. The van der Waals surface area contributed by atoms with Crippen LogP contribution in [0.25, 0.3) is 0 Å². The summed E-state index contributed by atoms with van der Waals surface area (Å²) in [4.78, 5) is 30.5.